The van der Waals surface area contributed by atoms with Crippen LogP contribution in [0.4, 0.5) is 0 Å². The highest BCUT2D eigenvalue weighted by atomic mass is 16.5. The number of hydrogen-bond acceptors (Lipinski definition) is 3. The van der Waals surface area contributed by atoms with Gasteiger partial charge in [0.05, 0.1) is 5.60 Å². The van der Waals surface area contributed by atoms with Gasteiger partial charge in [-0.2, -0.15) is 0 Å². The lowest BCUT2D eigenvalue weighted by atomic mass is 9.79. The lowest BCUT2D eigenvalue weighted by Gasteiger charge is -2.50. The smallest absolute Gasteiger partial charge is 0.0641 e. The second kappa shape index (κ2) is 5.34. The SMILES string of the molecule is CC1(C)CC(N2CCNC3(CCCCC3)C2)CCO1. The lowest BCUT2D eigenvalue weighted by molar-refractivity contribution is -0.0908. The predicted molar refractivity (Wildman–Crippen MR) is 78.4 cm³/mol. The Morgan fingerprint density at radius 3 is 2.68 bits per heavy atom. The van der Waals surface area contributed by atoms with E-state index in [4.69, 9.17) is 4.74 Å². The molecular weight excluding hydrogens is 236 g/mol. The third-order valence-corrected chi connectivity index (χ3v) is 5.40. The topological polar surface area (TPSA) is 24.5 Å². The molecule has 0 radical (unpaired) electrons. The molecule has 110 valence electrons. The Bertz CT molecular complexity index is 304. The van der Waals surface area contributed by atoms with E-state index in [0.29, 0.717) is 5.54 Å². The molecule has 3 rings (SSSR count). The van der Waals surface area contributed by atoms with E-state index >= 15 is 0 Å². The summed E-state index contributed by atoms with van der Waals surface area (Å²) in [7, 11) is 0. The van der Waals surface area contributed by atoms with Crippen LogP contribution in [0, 0.1) is 0 Å². The minimum Gasteiger partial charge on any atom is -0.375 e. The third kappa shape index (κ3) is 3.14. The van der Waals surface area contributed by atoms with Gasteiger partial charge in [0.25, 0.3) is 0 Å². The summed E-state index contributed by atoms with van der Waals surface area (Å²) in [6.45, 7) is 9.11. The zero-order valence-corrected chi connectivity index (χ0v) is 12.7. The van der Waals surface area contributed by atoms with Gasteiger partial charge in [-0.15, -0.1) is 0 Å². The van der Waals surface area contributed by atoms with Gasteiger partial charge in [0.2, 0.25) is 0 Å². The van der Waals surface area contributed by atoms with Gasteiger partial charge >= 0.3 is 0 Å². The van der Waals surface area contributed by atoms with Crippen molar-refractivity contribution >= 4 is 0 Å². The molecule has 3 nitrogen and oxygen atoms in total. The lowest BCUT2D eigenvalue weighted by Crippen LogP contribution is -2.64. The van der Waals surface area contributed by atoms with E-state index in [-0.39, 0.29) is 5.60 Å². The quantitative estimate of drug-likeness (QED) is 0.789. The average Bonchev–Trinajstić information content (AvgIpc) is 2.38. The van der Waals surface area contributed by atoms with Gasteiger partial charge in [-0.3, -0.25) is 4.90 Å². The molecule has 2 heterocycles. The van der Waals surface area contributed by atoms with E-state index in [1.165, 1.54) is 64.6 Å². The molecule has 0 aromatic carbocycles. The summed E-state index contributed by atoms with van der Waals surface area (Å²) in [4.78, 5) is 2.77. The molecule has 1 saturated carbocycles. The Kier molecular flexibility index (Phi) is 3.89. The third-order valence-electron chi connectivity index (χ3n) is 5.40. The molecule has 0 bridgehead atoms. The average molecular weight is 266 g/mol. The van der Waals surface area contributed by atoms with Crippen molar-refractivity contribution in [1.82, 2.24) is 10.2 Å². The molecule has 2 aliphatic heterocycles. The van der Waals surface area contributed by atoms with Crippen molar-refractivity contribution in [2.75, 3.05) is 26.2 Å². The molecule has 19 heavy (non-hydrogen) atoms. The standard InChI is InChI=1S/C16H30N2O/c1-15(2)12-14(6-11-19-15)18-10-9-17-16(13-18)7-4-3-5-8-16/h14,17H,3-13H2,1-2H3. The zero-order valence-electron chi connectivity index (χ0n) is 12.7. The van der Waals surface area contributed by atoms with E-state index in [2.05, 4.69) is 24.1 Å². The van der Waals surface area contributed by atoms with Crippen LogP contribution in [-0.2, 0) is 4.74 Å². The van der Waals surface area contributed by atoms with Crippen LogP contribution in [0.1, 0.15) is 58.8 Å². The van der Waals surface area contributed by atoms with Gasteiger partial charge in [0.15, 0.2) is 0 Å². The fourth-order valence-corrected chi connectivity index (χ4v) is 4.37. The minimum absolute atomic E-state index is 0.0769. The van der Waals surface area contributed by atoms with Crippen molar-refractivity contribution < 1.29 is 4.74 Å². The highest BCUT2D eigenvalue weighted by molar-refractivity contribution is 4.99. The predicted octanol–water partition coefficient (Wildman–Crippen LogP) is 2.55. The Balaban J connectivity index is 1.64. The number of hydrogen-bond donors (Lipinski definition) is 1. The maximum Gasteiger partial charge on any atom is 0.0641 e. The van der Waals surface area contributed by atoms with Gasteiger partial charge in [-0.05, 0) is 39.5 Å². The summed E-state index contributed by atoms with van der Waals surface area (Å²) in [5.41, 5.74) is 0.520. The number of piperazine rings is 1. The van der Waals surface area contributed by atoms with E-state index in [1.807, 2.05) is 0 Å². The van der Waals surface area contributed by atoms with Crippen molar-refractivity contribution in [3.8, 4) is 0 Å². The summed E-state index contributed by atoms with van der Waals surface area (Å²) >= 11 is 0. The molecule has 0 aromatic rings. The number of ether oxygens (including phenoxy) is 1. The Morgan fingerprint density at radius 1 is 1.16 bits per heavy atom. The monoisotopic (exact) mass is 266 g/mol. The molecule has 2 saturated heterocycles. The van der Waals surface area contributed by atoms with E-state index in [1.54, 1.807) is 0 Å². The first kappa shape index (κ1) is 13.8. The van der Waals surface area contributed by atoms with Crippen LogP contribution in [0.15, 0.2) is 0 Å². The van der Waals surface area contributed by atoms with Gasteiger partial charge in [-0.1, -0.05) is 19.3 Å². The van der Waals surface area contributed by atoms with Gasteiger partial charge in [0, 0.05) is 37.8 Å². The highest BCUT2D eigenvalue weighted by Gasteiger charge is 2.40. The fourth-order valence-electron chi connectivity index (χ4n) is 4.37. The fraction of sp³-hybridized carbons (Fsp3) is 1.00. The molecule has 3 fully saturated rings. The highest BCUT2D eigenvalue weighted by Crippen LogP contribution is 2.34. The van der Waals surface area contributed by atoms with Crippen molar-refractivity contribution in [3.63, 3.8) is 0 Å². The summed E-state index contributed by atoms with van der Waals surface area (Å²) in [5, 5.41) is 3.85. The van der Waals surface area contributed by atoms with Crippen LogP contribution in [0.2, 0.25) is 0 Å². The number of nitrogens with zero attached hydrogens (tertiary/aromatic N) is 1. The maximum absolute atomic E-state index is 5.88. The summed E-state index contributed by atoms with van der Waals surface area (Å²) in [6, 6.07) is 0.740. The van der Waals surface area contributed by atoms with Crippen LogP contribution >= 0.6 is 0 Å². The Hall–Kier alpha value is -0.120. The maximum atomic E-state index is 5.88. The number of rotatable bonds is 1. The molecule has 1 atom stereocenters. The van der Waals surface area contributed by atoms with Crippen LogP contribution in [0.25, 0.3) is 0 Å². The largest absolute Gasteiger partial charge is 0.375 e. The van der Waals surface area contributed by atoms with E-state index in [9.17, 15) is 0 Å². The van der Waals surface area contributed by atoms with Crippen molar-refractivity contribution in [1.29, 1.82) is 0 Å². The number of nitrogens with one attached hydrogen (secondary N) is 1. The second-order valence-corrected chi connectivity index (χ2v) is 7.49. The molecule has 1 spiro atoms. The van der Waals surface area contributed by atoms with E-state index < -0.39 is 0 Å². The first-order valence-corrected chi connectivity index (χ1v) is 8.22. The van der Waals surface area contributed by atoms with Crippen LogP contribution < -0.4 is 5.32 Å². The summed E-state index contributed by atoms with van der Waals surface area (Å²) in [5.74, 6) is 0. The van der Waals surface area contributed by atoms with Gasteiger partial charge < -0.3 is 10.1 Å². The molecule has 1 aliphatic carbocycles. The van der Waals surface area contributed by atoms with Crippen molar-refractivity contribution in [3.05, 3.63) is 0 Å². The molecule has 0 amide bonds. The van der Waals surface area contributed by atoms with Crippen molar-refractivity contribution in [2.45, 2.75) is 76.0 Å². The molecule has 1 N–H and O–H groups in total. The molecule has 1 unspecified atom stereocenters. The first-order valence-electron chi connectivity index (χ1n) is 8.22. The Labute approximate surface area is 118 Å². The Morgan fingerprint density at radius 2 is 1.95 bits per heavy atom. The summed E-state index contributed by atoms with van der Waals surface area (Å²) < 4.78 is 5.88. The van der Waals surface area contributed by atoms with Crippen molar-refractivity contribution in [2.24, 2.45) is 0 Å². The second-order valence-electron chi connectivity index (χ2n) is 7.49. The summed E-state index contributed by atoms with van der Waals surface area (Å²) in [6.07, 6.45) is 9.46. The van der Waals surface area contributed by atoms with Crippen LogP contribution in [0.3, 0.4) is 0 Å². The van der Waals surface area contributed by atoms with Crippen LogP contribution in [0.5, 0.6) is 0 Å². The zero-order chi connectivity index (χ0) is 13.3. The molecule has 0 aromatic heterocycles. The normalized spacial score (nSPS) is 35.4. The van der Waals surface area contributed by atoms with Crippen LogP contribution in [-0.4, -0.2) is 48.3 Å². The van der Waals surface area contributed by atoms with E-state index in [0.717, 1.165) is 12.6 Å². The van der Waals surface area contributed by atoms with Gasteiger partial charge in [-0.25, -0.2) is 0 Å². The molecule has 3 aliphatic rings. The molecule has 3 heteroatoms. The minimum atomic E-state index is 0.0769. The first-order chi connectivity index (χ1) is 9.09. The molecular formula is C16H30N2O. The van der Waals surface area contributed by atoms with Gasteiger partial charge in [0.1, 0.15) is 0 Å².